The van der Waals surface area contributed by atoms with Crippen LogP contribution in [0.15, 0.2) is 30.5 Å². The Labute approximate surface area is 134 Å². The minimum atomic E-state index is -0.279. The Morgan fingerprint density at radius 3 is 2.55 bits per heavy atom. The molecule has 3 N–H and O–H groups in total. The van der Waals surface area contributed by atoms with Gasteiger partial charge in [-0.2, -0.15) is 0 Å². The van der Waals surface area contributed by atoms with Gasteiger partial charge in [0.25, 0.3) is 0 Å². The molecule has 1 aromatic heterocycles. The molecule has 0 saturated carbocycles. The van der Waals surface area contributed by atoms with Crippen molar-refractivity contribution in [3.63, 3.8) is 0 Å². The van der Waals surface area contributed by atoms with Crippen LogP contribution in [0.5, 0.6) is 0 Å². The van der Waals surface area contributed by atoms with Gasteiger partial charge in [-0.15, -0.1) is 0 Å². The molecule has 3 heteroatoms. The maximum Gasteiger partial charge on any atom is 0.0687 e. The molecule has 3 nitrogen and oxygen atoms in total. The van der Waals surface area contributed by atoms with Crippen LogP contribution in [0.25, 0.3) is 10.9 Å². The lowest BCUT2D eigenvalue weighted by molar-refractivity contribution is 0.119. The van der Waals surface area contributed by atoms with Crippen LogP contribution in [0.4, 0.5) is 0 Å². The molecule has 1 aromatic carbocycles. The Morgan fingerprint density at radius 2 is 1.86 bits per heavy atom. The molecule has 0 spiro atoms. The molecular weight excluding hydrogens is 272 g/mol. The lowest BCUT2D eigenvalue weighted by atomic mass is 9.79. The summed E-state index contributed by atoms with van der Waals surface area (Å²) in [5.41, 5.74) is 2.64. The van der Waals surface area contributed by atoms with Crippen molar-refractivity contribution < 1.29 is 5.11 Å². The number of H-pyrrole nitrogens is 1. The Balaban J connectivity index is 2.04. The van der Waals surface area contributed by atoms with Gasteiger partial charge in [0.15, 0.2) is 0 Å². The summed E-state index contributed by atoms with van der Waals surface area (Å²) in [5, 5.41) is 14.7. The maximum absolute atomic E-state index is 9.93. The van der Waals surface area contributed by atoms with Gasteiger partial charge in [0.05, 0.1) is 6.10 Å². The SMILES string of the molecule is CC(C)[C@@H](O)CN[C@@H](C)CC(C)(C)c1c[nH]c2ccccc12. The van der Waals surface area contributed by atoms with Crippen LogP contribution in [0.3, 0.4) is 0 Å². The Kier molecular flexibility index (Phi) is 5.30. The first-order valence-electron chi connectivity index (χ1n) is 8.29. The average Bonchev–Trinajstić information content (AvgIpc) is 2.88. The monoisotopic (exact) mass is 302 g/mol. The molecule has 0 aliphatic rings. The predicted molar refractivity (Wildman–Crippen MR) is 94.3 cm³/mol. The molecule has 122 valence electrons. The second-order valence-corrected chi connectivity index (χ2v) is 7.46. The van der Waals surface area contributed by atoms with Crippen molar-refractivity contribution in [1.29, 1.82) is 0 Å². The third-order valence-electron chi connectivity index (χ3n) is 4.58. The van der Waals surface area contributed by atoms with Crippen LogP contribution < -0.4 is 5.32 Å². The molecule has 2 rings (SSSR count). The van der Waals surface area contributed by atoms with Gasteiger partial charge in [-0.1, -0.05) is 45.9 Å². The molecule has 22 heavy (non-hydrogen) atoms. The first-order chi connectivity index (χ1) is 10.3. The third-order valence-corrected chi connectivity index (χ3v) is 4.58. The zero-order valence-corrected chi connectivity index (χ0v) is 14.5. The van der Waals surface area contributed by atoms with Crippen LogP contribution in [0, 0.1) is 5.92 Å². The number of hydrogen-bond acceptors (Lipinski definition) is 2. The first kappa shape index (κ1) is 17.0. The van der Waals surface area contributed by atoms with E-state index in [4.69, 9.17) is 0 Å². The van der Waals surface area contributed by atoms with Crippen molar-refractivity contribution in [3.05, 3.63) is 36.0 Å². The molecule has 1 heterocycles. The summed E-state index contributed by atoms with van der Waals surface area (Å²) in [6.45, 7) is 11.5. The molecule has 0 aliphatic heterocycles. The standard InChI is InChI=1S/C19H30N2O/c1-13(2)18(22)12-20-14(3)10-19(4,5)16-11-21-17-9-7-6-8-15(16)17/h6-9,11,13-14,18,20-22H,10,12H2,1-5H3/t14-,18-/m0/s1. The fourth-order valence-electron chi connectivity index (χ4n) is 3.14. The van der Waals surface area contributed by atoms with Gasteiger partial charge >= 0.3 is 0 Å². The summed E-state index contributed by atoms with van der Waals surface area (Å²) in [5.74, 6) is 0.293. The number of aliphatic hydroxyl groups is 1. The van der Waals surface area contributed by atoms with E-state index < -0.39 is 0 Å². The first-order valence-corrected chi connectivity index (χ1v) is 8.29. The topological polar surface area (TPSA) is 48.0 Å². The Morgan fingerprint density at radius 1 is 1.18 bits per heavy atom. The van der Waals surface area contributed by atoms with E-state index in [1.165, 1.54) is 16.5 Å². The quantitative estimate of drug-likeness (QED) is 0.728. The van der Waals surface area contributed by atoms with Crippen molar-refractivity contribution in [3.8, 4) is 0 Å². The summed E-state index contributed by atoms with van der Waals surface area (Å²) >= 11 is 0. The van der Waals surface area contributed by atoms with E-state index >= 15 is 0 Å². The van der Waals surface area contributed by atoms with Crippen molar-refractivity contribution in [1.82, 2.24) is 10.3 Å². The van der Waals surface area contributed by atoms with Gasteiger partial charge in [0.2, 0.25) is 0 Å². The van der Waals surface area contributed by atoms with E-state index in [1.54, 1.807) is 0 Å². The summed E-state index contributed by atoms with van der Waals surface area (Å²) in [6, 6.07) is 8.82. The number of aromatic nitrogens is 1. The van der Waals surface area contributed by atoms with Crippen LogP contribution in [-0.2, 0) is 5.41 Å². The van der Waals surface area contributed by atoms with Gasteiger partial charge in [-0.3, -0.25) is 0 Å². The molecule has 0 fully saturated rings. The van der Waals surface area contributed by atoms with E-state index in [0.717, 1.165) is 6.42 Å². The minimum absolute atomic E-state index is 0.0782. The molecular formula is C19H30N2O. The molecule has 0 aliphatic carbocycles. The normalized spacial score (nSPS) is 15.4. The zero-order chi connectivity index (χ0) is 16.3. The molecule has 0 bridgehead atoms. The summed E-state index contributed by atoms with van der Waals surface area (Å²) in [4.78, 5) is 3.37. The molecule has 2 aromatic rings. The second-order valence-electron chi connectivity index (χ2n) is 7.46. The maximum atomic E-state index is 9.93. The molecule has 0 radical (unpaired) electrons. The highest BCUT2D eigenvalue weighted by Gasteiger charge is 2.26. The highest BCUT2D eigenvalue weighted by atomic mass is 16.3. The highest BCUT2D eigenvalue weighted by Crippen LogP contribution is 2.33. The van der Waals surface area contributed by atoms with Crippen LogP contribution in [0.1, 0.15) is 46.6 Å². The molecule has 2 atom stereocenters. The number of nitrogens with one attached hydrogen (secondary N) is 2. The summed E-state index contributed by atoms with van der Waals surface area (Å²) < 4.78 is 0. The van der Waals surface area contributed by atoms with Crippen molar-refractivity contribution in [2.75, 3.05) is 6.54 Å². The number of fused-ring (bicyclic) bond motifs is 1. The van der Waals surface area contributed by atoms with E-state index in [-0.39, 0.29) is 11.5 Å². The van der Waals surface area contributed by atoms with Crippen molar-refractivity contribution in [2.45, 2.75) is 58.6 Å². The Hall–Kier alpha value is -1.32. The van der Waals surface area contributed by atoms with E-state index in [2.05, 4.69) is 61.5 Å². The molecule has 0 saturated heterocycles. The number of aromatic amines is 1. The van der Waals surface area contributed by atoms with E-state index in [1.807, 2.05) is 13.8 Å². The largest absolute Gasteiger partial charge is 0.392 e. The number of rotatable bonds is 7. The third kappa shape index (κ3) is 3.90. The van der Waals surface area contributed by atoms with Gasteiger partial charge < -0.3 is 15.4 Å². The van der Waals surface area contributed by atoms with E-state index in [9.17, 15) is 5.11 Å². The van der Waals surface area contributed by atoms with Gasteiger partial charge in [0.1, 0.15) is 0 Å². The lowest BCUT2D eigenvalue weighted by Crippen LogP contribution is -2.39. The zero-order valence-electron chi connectivity index (χ0n) is 14.5. The average molecular weight is 302 g/mol. The molecule has 0 unspecified atom stereocenters. The summed E-state index contributed by atoms with van der Waals surface area (Å²) in [6.07, 6.45) is 2.89. The smallest absolute Gasteiger partial charge is 0.0687 e. The van der Waals surface area contributed by atoms with Crippen molar-refractivity contribution >= 4 is 10.9 Å². The predicted octanol–water partition coefficient (Wildman–Crippen LogP) is 3.83. The van der Waals surface area contributed by atoms with Gasteiger partial charge in [-0.05, 0) is 36.3 Å². The fraction of sp³-hybridized carbons (Fsp3) is 0.579. The second kappa shape index (κ2) is 6.84. The highest BCUT2D eigenvalue weighted by molar-refractivity contribution is 5.84. The lowest BCUT2D eigenvalue weighted by Gasteiger charge is -2.29. The fourth-order valence-corrected chi connectivity index (χ4v) is 3.14. The van der Waals surface area contributed by atoms with Crippen LogP contribution >= 0.6 is 0 Å². The molecule has 0 amide bonds. The number of hydrogen-bond donors (Lipinski definition) is 3. The Bertz CT molecular complexity index is 600. The van der Waals surface area contributed by atoms with Crippen LogP contribution in [-0.4, -0.2) is 28.8 Å². The minimum Gasteiger partial charge on any atom is -0.392 e. The number of para-hydroxylation sites is 1. The van der Waals surface area contributed by atoms with Gasteiger partial charge in [-0.25, -0.2) is 0 Å². The summed E-state index contributed by atoms with van der Waals surface area (Å²) in [7, 11) is 0. The van der Waals surface area contributed by atoms with Crippen molar-refractivity contribution in [2.24, 2.45) is 5.92 Å². The van der Waals surface area contributed by atoms with Crippen LogP contribution in [0.2, 0.25) is 0 Å². The van der Waals surface area contributed by atoms with E-state index in [0.29, 0.717) is 18.5 Å². The number of aliphatic hydroxyl groups excluding tert-OH is 1. The van der Waals surface area contributed by atoms with Gasteiger partial charge in [0, 0.05) is 29.7 Å². The number of benzene rings is 1.